The summed E-state index contributed by atoms with van der Waals surface area (Å²) < 4.78 is 16.5. The first-order valence-electron chi connectivity index (χ1n) is 6.48. The molecule has 1 atom stereocenters. The van der Waals surface area contributed by atoms with Crippen molar-refractivity contribution in [2.45, 2.75) is 32.5 Å². The summed E-state index contributed by atoms with van der Waals surface area (Å²) in [6.07, 6.45) is 2.48. The molecule has 18 heavy (non-hydrogen) atoms. The average Bonchev–Trinajstić information content (AvgIpc) is 2.84. The fourth-order valence-corrected chi connectivity index (χ4v) is 2.04. The molecule has 0 aromatic heterocycles. The predicted octanol–water partition coefficient (Wildman–Crippen LogP) is 2.32. The lowest BCUT2D eigenvalue weighted by Gasteiger charge is -2.17. The van der Waals surface area contributed by atoms with E-state index in [0.717, 1.165) is 36.4 Å². The van der Waals surface area contributed by atoms with Gasteiger partial charge in [-0.2, -0.15) is 0 Å². The van der Waals surface area contributed by atoms with Gasteiger partial charge in [-0.05, 0) is 31.2 Å². The van der Waals surface area contributed by atoms with E-state index < -0.39 is 0 Å². The monoisotopic (exact) mass is 251 g/mol. The fourth-order valence-electron chi connectivity index (χ4n) is 2.04. The molecule has 1 heterocycles. The maximum Gasteiger partial charge on any atom is 0.231 e. The van der Waals surface area contributed by atoms with Gasteiger partial charge in [-0.3, -0.25) is 0 Å². The third-order valence-electron chi connectivity index (χ3n) is 2.97. The zero-order valence-corrected chi connectivity index (χ0v) is 11.1. The van der Waals surface area contributed by atoms with Gasteiger partial charge in [0, 0.05) is 6.54 Å². The van der Waals surface area contributed by atoms with Crippen molar-refractivity contribution >= 4 is 0 Å². The molecule has 4 nitrogen and oxygen atoms in total. The lowest BCUT2D eigenvalue weighted by molar-refractivity contribution is 0.0359. The van der Waals surface area contributed by atoms with Crippen molar-refractivity contribution in [2.24, 2.45) is 0 Å². The number of ether oxygens (including phenoxy) is 3. The summed E-state index contributed by atoms with van der Waals surface area (Å²) in [6, 6.07) is 5.95. The number of nitrogens with one attached hydrogen (secondary N) is 1. The topological polar surface area (TPSA) is 39.7 Å². The summed E-state index contributed by atoms with van der Waals surface area (Å²) in [5.41, 5.74) is 1.12. The van der Waals surface area contributed by atoms with E-state index in [9.17, 15) is 0 Å². The van der Waals surface area contributed by atoms with E-state index in [0.29, 0.717) is 13.4 Å². The van der Waals surface area contributed by atoms with Crippen LogP contribution in [0.5, 0.6) is 11.5 Å². The number of benzene rings is 1. The average molecular weight is 251 g/mol. The Hall–Kier alpha value is -1.26. The summed E-state index contributed by atoms with van der Waals surface area (Å²) in [5, 5.41) is 3.16. The first-order valence-corrected chi connectivity index (χ1v) is 6.48. The predicted molar refractivity (Wildman–Crippen MR) is 70.0 cm³/mol. The standard InChI is InChI=1S/C14H21NO3/c1-3-4-12(8-15-2)16-9-11-5-6-13-14(7-11)18-10-17-13/h5-7,12,15H,3-4,8-10H2,1-2H3. The van der Waals surface area contributed by atoms with Crippen LogP contribution in [0.4, 0.5) is 0 Å². The molecule has 0 saturated carbocycles. The Kier molecular flexibility index (Phi) is 4.84. The summed E-state index contributed by atoms with van der Waals surface area (Å²) >= 11 is 0. The van der Waals surface area contributed by atoms with Gasteiger partial charge < -0.3 is 19.5 Å². The molecule has 0 saturated heterocycles. The van der Waals surface area contributed by atoms with Gasteiger partial charge in [-0.25, -0.2) is 0 Å². The van der Waals surface area contributed by atoms with Crippen molar-refractivity contribution in [3.63, 3.8) is 0 Å². The van der Waals surface area contributed by atoms with Gasteiger partial charge >= 0.3 is 0 Å². The molecule has 1 aromatic carbocycles. The Bertz CT molecular complexity index is 375. The normalized spacial score (nSPS) is 14.8. The molecule has 0 amide bonds. The number of rotatable bonds is 7. The van der Waals surface area contributed by atoms with Crippen LogP contribution in [-0.2, 0) is 11.3 Å². The van der Waals surface area contributed by atoms with Gasteiger partial charge in [-0.15, -0.1) is 0 Å². The Morgan fingerprint density at radius 3 is 2.94 bits per heavy atom. The van der Waals surface area contributed by atoms with E-state index in [4.69, 9.17) is 14.2 Å². The number of hydrogen-bond donors (Lipinski definition) is 1. The van der Waals surface area contributed by atoms with Gasteiger partial charge in [0.2, 0.25) is 6.79 Å². The van der Waals surface area contributed by atoms with Crippen LogP contribution in [0.25, 0.3) is 0 Å². The lowest BCUT2D eigenvalue weighted by Crippen LogP contribution is -2.26. The van der Waals surface area contributed by atoms with E-state index in [1.54, 1.807) is 0 Å². The molecule has 1 aliphatic heterocycles. The van der Waals surface area contributed by atoms with Crippen molar-refractivity contribution in [1.29, 1.82) is 0 Å². The molecule has 1 aromatic rings. The molecule has 0 fully saturated rings. The molecule has 1 N–H and O–H groups in total. The minimum Gasteiger partial charge on any atom is -0.454 e. The Balaban J connectivity index is 1.88. The first kappa shape index (κ1) is 13.2. The highest BCUT2D eigenvalue weighted by atomic mass is 16.7. The largest absolute Gasteiger partial charge is 0.454 e. The molecule has 1 unspecified atom stereocenters. The van der Waals surface area contributed by atoms with Crippen LogP contribution in [0.2, 0.25) is 0 Å². The van der Waals surface area contributed by atoms with Crippen LogP contribution in [0.1, 0.15) is 25.3 Å². The second kappa shape index (κ2) is 6.61. The van der Waals surface area contributed by atoms with Crippen LogP contribution >= 0.6 is 0 Å². The SMILES string of the molecule is CCCC(CNC)OCc1ccc2c(c1)OCO2. The van der Waals surface area contributed by atoms with Crippen LogP contribution in [-0.4, -0.2) is 26.5 Å². The highest BCUT2D eigenvalue weighted by Gasteiger charge is 2.14. The minimum atomic E-state index is 0.269. The molecule has 0 radical (unpaired) electrons. The van der Waals surface area contributed by atoms with Crippen molar-refractivity contribution < 1.29 is 14.2 Å². The van der Waals surface area contributed by atoms with E-state index in [-0.39, 0.29) is 6.10 Å². The second-order valence-corrected chi connectivity index (χ2v) is 4.47. The third-order valence-corrected chi connectivity index (χ3v) is 2.97. The molecule has 0 bridgehead atoms. The number of fused-ring (bicyclic) bond motifs is 1. The van der Waals surface area contributed by atoms with Gasteiger partial charge in [0.05, 0.1) is 12.7 Å². The molecule has 100 valence electrons. The zero-order chi connectivity index (χ0) is 12.8. The van der Waals surface area contributed by atoms with E-state index in [1.807, 2.05) is 25.2 Å². The van der Waals surface area contributed by atoms with Crippen LogP contribution in [0.3, 0.4) is 0 Å². The lowest BCUT2D eigenvalue weighted by atomic mass is 10.2. The van der Waals surface area contributed by atoms with Crippen molar-refractivity contribution in [1.82, 2.24) is 5.32 Å². The van der Waals surface area contributed by atoms with Crippen LogP contribution < -0.4 is 14.8 Å². The van der Waals surface area contributed by atoms with Gasteiger partial charge in [-0.1, -0.05) is 19.4 Å². The van der Waals surface area contributed by atoms with Gasteiger partial charge in [0.25, 0.3) is 0 Å². The highest BCUT2D eigenvalue weighted by Crippen LogP contribution is 2.32. The third kappa shape index (κ3) is 3.37. The van der Waals surface area contributed by atoms with Crippen molar-refractivity contribution in [3.05, 3.63) is 23.8 Å². The van der Waals surface area contributed by atoms with E-state index >= 15 is 0 Å². The second-order valence-electron chi connectivity index (χ2n) is 4.47. The summed E-state index contributed by atoms with van der Waals surface area (Å²) in [6.45, 7) is 3.99. The van der Waals surface area contributed by atoms with Crippen LogP contribution in [0, 0.1) is 0 Å². The van der Waals surface area contributed by atoms with E-state index in [2.05, 4.69) is 12.2 Å². The summed E-state index contributed by atoms with van der Waals surface area (Å²) in [5.74, 6) is 1.64. The highest BCUT2D eigenvalue weighted by molar-refractivity contribution is 5.44. The van der Waals surface area contributed by atoms with Crippen molar-refractivity contribution in [2.75, 3.05) is 20.4 Å². The maximum absolute atomic E-state index is 5.91. The Labute approximate surface area is 108 Å². The summed E-state index contributed by atoms with van der Waals surface area (Å²) in [4.78, 5) is 0. The Morgan fingerprint density at radius 1 is 1.33 bits per heavy atom. The van der Waals surface area contributed by atoms with Gasteiger partial charge in [0.1, 0.15) is 0 Å². The number of hydrogen-bond acceptors (Lipinski definition) is 4. The van der Waals surface area contributed by atoms with E-state index in [1.165, 1.54) is 0 Å². The molecular weight excluding hydrogens is 230 g/mol. The summed E-state index contributed by atoms with van der Waals surface area (Å²) in [7, 11) is 1.95. The Morgan fingerprint density at radius 2 is 2.17 bits per heavy atom. The molecule has 0 spiro atoms. The fraction of sp³-hybridized carbons (Fsp3) is 0.571. The quantitative estimate of drug-likeness (QED) is 0.807. The number of likely N-dealkylation sites (N-methyl/N-ethyl adjacent to an activating group) is 1. The zero-order valence-electron chi connectivity index (χ0n) is 11.1. The molecule has 4 heteroatoms. The van der Waals surface area contributed by atoms with Crippen LogP contribution in [0.15, 0.2) is 18.2 Å². The molecule has 0 aliphatic carbocycles. The van der Waals surface area contributed by atoms with Crippen molar-refractivity contribution in [3.8, 4) is 11.5 Å². The first-order chi connectivity index (χ1) is 8.83. The molecule has 2 rings (SSSR count). The minimum absolute atomic E-state index is 0.269. The smallest absolute Gasteiger partial charge is 0.231 e. The molecule has 1 aliphatic rings. The molecular formula is C14H21NO3. The van der Waals surface area contributed by atoms with Gasteiger partial charge in [0.15, 0.2) is 11.5 Å². The maximum atomic E-state index is 5.91.